The van der Waals surface area contributed by atoms with Crippen LogP contribution < -0.4 is 15.9 Å². The number of rotatable bonds is 7. The Balaban J connectivity index is 1.91. The van der Waals surface area contributed by atoms with Crippen molar-refractivity contribution in [3.05, 3.63) is 127 Å². The van der Waals surface area contributed by atoms with E-state index >= 15 is 0 Å². The standard InChI is InChI=1S/C27H24BrOP/c28-30(24-15-7-2-8-16-24,25-17-9-3-10-18-25,26-19-11-4-12-20-26)22-21-27(29)23-13-5-1-6-14-23/h1-20H,21-22H2. The number of carbonyl (C=O) groups is 1. The second-order valence-corrected chi connectivity index (χ2v) is 16.5. The molecule has 1 nitrogen and oxygen atoms in total. The molecule has 0 N–H and O–H groups in total. The average molecular weight is 475 g/mol. The summed E-state index contributed by atoms with van der Waals surface area (Å²) in [6.45, 7) is 0. The van der Waals surface area contributed by atoms with E-state index in [0.717, 1.165) is 11.7 Å². The van der Waals surface area contributed by atoms with Gasteiger partial charge in [0.2, 0.25) is 0 Å². The van der Waals surface area contributed by atoms with E-state index in [2.05, 4.69) is 88.3 Å². The quantitative estimate of drug-likeness (QED) is 0.233. The SMILES string of the molecule is O=C(CCP(Br)(c1ccccc1)(c1ccccc1)c1ccccc1)c1ccccc1. The summed E-state index contributed by atoms with van der Waals surface area (Å²) in [7, 11) is 0. The molecule has 0 spiro atoms. The third-order valence-electron chi connectivity index (χ3n) is 5.74. The Kier molecular flexibility index (Phi) is 5.99. The molecule has 0 heterocycles. The van der Waals surface area contributed by atoms with Crippen molar-refractivity contribution >= 4 is 42.5 Å². The number of hydrogen-bond acceptors (Lipinski definition) is 1. The van der Waals surface area contributed by atoms with E-state index in [0.29, 0.717) is 6.42 Å². The monoisotopic (exact) mass is 474 g/mol. The number of benzene rings is 4. The average Bonchev–Trinajstić information content (AvgIpc) is 2.85. The minimum absolute atomic E-state index is 0.173. The van der Waals surface area contributed by atoms with Crippen molar-refractivity contribution in [1.29, 1.82) is 0 Å². The van der Waals surface area contributed by atoms with Crippen molar-refractivity contribution in [2.45, 2.75) is 6.42 Å². The summed E-state index contributed by atoms with van der Waals surface area (Å²) in [5.41, 5.74) is 0.768. The Hall–Kier alpha value is -2.54. The van der Waals surface area contributed by atoms with Crippen LogP contribution in [0.4, 0.5) is 0 Å². The van der Waals surface area contributed by atoms with Gasteiger partial charge in [0.25, 0.3) is 0 Å². The summed E-state index contributed by atoms with van der Waals surface area (Å²) in [6, 6.07) is 41.4. The summed E-state index contributed by atoms with van der Waals surface area (Å²) in [6.07, 6.45) is 1.18. The molecule has 4 aromatic rings. The predicted molar refractivity (Wildman–Crippen MR) is 134 cm³/mol. The van der Waals surface area contributed by atoms with Crippen LogP contribution >= 0.6 is 20.8 Å². The van der Waals surface area contributed by atoms with Crippen molar-refractivity contribution < 1.29 is 4.79 Å². The molecule has 150 valence electrons. The maximum atomic E-state index is 13.1. The zero-order chi connectivity index (χ0) is 20.9. The number of hydrogen-bond donors (Lipinski definition) is 0. The molecule has 3 heteroatoms. The molecule has 0 atom stereocenters. The molecule has 4 aromatic carbocycles. The zero-order valence-corrected chi connectivity index (χ0v) is 19.2. The first kappa shape index (κ1) is 20.7. The molecule has 0 saturated heterocycles. The van der Waals surface area contributed by atoms with Crippen LogP contribution in [0.2, 0.25) is 0 Å². The van der Waals surface area contributed by atoms with Crippen molar-refractivity contribution in [3.63, 3.8) is 0 Å². The first-order valence-electron chi connectivity index (χ1n) is 10.1. The number of carbonyl (C=O) groups excluding carboxylic acids is 1. The van der Waals surface area contributed by atoms with Gasteiger partial charge in [-0.25, -0.2) is 0 Å². The van der Waals surface area contributed by atoms with Crippen LogP contribution in [0.15, 0.2) is 121 Å². The fraction of sp³-hybridized carbons (Fsp3) is 0.0741. The number of Topliss-reactive ketones (excluding diaryl/α,β-unsaturated/α-hetero) is 1. The van der Waals surface area contributed by atoms with Gasteiger partial charge < -0.3 is 0 Å². The van der Waals surface area contributed by atoms with Gasteiger partial charge in [-0.05, 0) is 0 Å². The molecule has 0 unspecified atom stereocenters. The summed E-state index contributed by atoms with van der Waals surface area (Å²) in [4.78, 5) is 13.1. The van der Waals surface area contributed by atoms with Crippen molar-refractivity contribution in [3.8, 4) is 0 Å². The molecular formula is C27H24BrOP. The van der Waals surface area contributed by atoms with E-state index in [9.17, 15) is 4.79 Å². The molecule has 4 rings (SSSR count). The van der Waals surface area contributed by atoms with Crippen molar-refractivity contribution in [2.75, 3.05) is 6.16 Å². The van der Waals surface area contributed by atoms with E-state index < -0.39 is 5.31 Å². The second-order valence-electron chi connectivity index (χ2n) is 7.45. The van der Waals surface area contributed by atoms with Crippen molar-refractivity contribution in [2.24, 2.45) is 0 Å². The normalized spacial score (nSPS) is 12.6. The Morgan fingerprint density at radius 3 is 1.27 bits per heavy atom. The summed E-state index contributed by atoms with van der Waals surface area (Å²) < 4.78 is 0. The topological polar surface area (TPSA) is 17.1 Å². The Labute approximate surface area is 186 Å². The molecule has 0 aromatic heterocycles. The second kappa shape index (κ2) is 8.68. The number of halogens is 1. The fourth-order valence-corrected chi connectivity index (χ4v) is 11.5. The van der Waals surface area contributed by atoms with E-state index in [-0.39, 0.29) is 5.78 Å². The first-order valence-corrected chi connectivity index (χ1v) is 14.5. The van der Waals surface area contributed by atoms with Crippen LogP contribution in [0.25, 0.3) is 0 Å². The van der Waals surface area contributed by atoms with E-state index in [1.165, 1.54) is 15.9 Å². The summed E-state index contributed by atoms with van der Waals surface area (Å²) in [5, 5.41) is 0.670. The molecule has 0 saturated carbocycles. The van der Waals surface area contributed by atoms with Gasteiger partial charge in [0, 0.05) is 0 Å². The van der Waals surface area contributed by atoms with Gasteiger partial charge in [0.15, 0.2) is 0 Å². The van der Waals surface area contributed by atoms with Gasteiger partial charge in [0.1, 0.15) is 0 Å². The minimum atomic E-state index is -3.04. The van der Waals surface area contributed by atoms with E-state index in [1.807, 2.05) is 48.5 Å². The zero-order valence-electron chi connectivity index (χ0n) is 16.7. The van der Waals surface area contributed by atoms with Gasteiger partial charge in [0.05, 0.1) is 0 Å². The first-order chi connectivity index (χ1) is 14.6. The van der Waals surface area contributed by atoms with Crippen LogP contribution in [0, 0.1) is 0 Å². The molecule has 0 fully saturated rings. The van der Waals surface area contributed by atoms with Crippen LogP contribution in [-0.4, -0.2) is 11.9 Å². The molecule has 0 aliphatic rings. The van der Waals surface area contributed by atoms with Crippen molar-refractivity contribution in [1.82, 2.24) is 0 Å². The van der Waals surface area contributed by atoms with Crippen LogP contribution in [-0.2, 0) is 0 Å². The molecular weight excluding hydrogens is 451 g/mol. The van der Waals surface area contributed by atoms with Crippen LogP contribution in [0.3, 0.4) is 0 Å². The third-order valence-corrected chi connectivity index (χ3v) is 15.7. The fourth-order valence-electron chi connectivity index (χ4n) is 4.13. The molecule has 0 aliphatic carbocycles. The molecule has 0 radical (unpaired) electrons. The van der Waals surface area contributed by atoms with Gasteiger partial charge in [-0.15, -0.1) is 0 Å². The van der Waals surface area contributed by atoms with Gasteiger partial charge in [-0.2, -0.15) is 0 Å². The summed E-state index contributed by atoms with van der Waals surface area (Å²) >= 11 is 4.40. The number of ketones is 1. The predicted octanol–water partition coefficient (Wildman–Crippen LogP) is 6.10. The van der Waals surface area contributed by atoms with Gasteiger partial charge >= 0.3 is 187 Å². The molecule has 0 bridgehead atoms. The maximum absolute atomic E-state index is 13.1. The van der Waals surface area contributed by atoms with Gasteiger partial charge in [-0.3, -0.25) is 0 Å². The Morgan fingerprint density at radius 1 is 0.567 bits per heavy atom. The molecule has 0 aliphatic heterocycles. The van der Waals surface area contributed by atoms with Crippen LogP contribution in [0.5, 0.6) is 0 Å². The molecule has 0 amide bonds. The Morgan fingerprint density at radius 2 is 0.900 bits per heavy atom. The Bertz CT molecular complexity index is 1010. The van der Waals surface area contributed by atoms with E-state index in [4.69, 9.17) is 0 Å². The van der Waals surface area contributed by atoms with Crippen LogP contribution in [0.1, 0.15) is 16.8 Å². The van der Waals surface area contributed by atoms with E-state index in [1.54, 1.807) is 0 Å². The third kappa shape index (κ3) is 3.67. The van der Waals surface area contributed by atoms with Gasteiger partial charge in [-0.1, -0.05) is 0 Å². The summed E-state index contributed by atoms with van der Waals surface area (Å²) in [5.74, 6) is 0.173. The molecule has 30 heavy (non-hydrogen) atoms.